The first kappa shape index (κ1) is 8.77. The zero-order chi connectivity index (χ0) is 9.14. The molecule has 0 unspecified atom stereocenters. The SMILES string of the molecule is CCc1noc(C(=O)O)c1CC. The molecular formula is C8H11NO3. The largest absolute Gasteiger partial charge is 0.475 e. The minimum absolute atomic E-state index is 0.0191. The first-order valence-corrected chi connectivity index (χ1v) is 3.91. The molecule has 0 spiro atoms. The van der Waals surface area contributed by atoms with E-state index in [0.717, 1.165) is 5.69 Å². The van der Waals surface area contributed by atoms with Gasteiger partial charge in [0.25, 0.3) is 0 Å². The second-order valence-electron chi connectivity index (χ2n) is 2.45. The molecule has 4 nitrogen and oxygen atoms in total. The Morgan fingerprint density at radius 1 is 1.50 bits per heavy atom. The average molecular weight is 169 g/mol. The maximum Gasteiger partial charge on any atom is 0.375 e. The predicted molar refractivity (Wildman–Crippen MR) is 42.2 cm³/mol. The van der Waals surface area contributed by atoms with Crippen LogP contribution < -0.4 is 0 Å². The van der Waals surface area contributed by atoms with Gasteiger partial charge in [-0.3, -0.25) is 0 Å². The highest BCUT2D eigenvalue weighted by Crippen LogP contribution is 2.15. The Morgan fingerprint density at radius 2 is 2.17 bits per heavy atom. The van der Waals surface area contributed by atoms with E-state index in [1.54, 1.807) is 0 Å². The van der Waals surface area contributed by atoms with Crippen molar-refractivity contribution < 1.29 is 14.4 Å². The number of carbonyl (C=O) groups is 1. The lowest BCUT2D eigenvalue weighted by atomic mass is 10.1. The highest BCUT2D eigenvalue weighted by Gasteiger charge is 2.18. The second-order valence-corrected chi connectivity index (χ2v) is 2.45. The Bertz CT molecular complexity index is 290. The molecule has 1 aromatic rings. The van der Waals surface area contributed by atoms with Crippen molar-refractivity contribution in [3.05, 3.63) is 17.0 Å². The molecule has 0 aliphatic heterocycles. The van der Waals surface area contributed by atoms with Crippen LogP contribution in [0.4, 0.5) is 0 Å². The molecular weight excluding hydrogens is 158 g/mol. The third kappa shape index (κ3) is 1.32. The van der Waals surface area contributed by atoms with Gasteiger partial charge in [0.15, 0.2) is 0 Å². The van der Waals surface area contributed by atoms with Crippen LogP contribution in [0.15, 0.2) is 4.52 Å². The third-order valence-corrected chi connectivity index (χ3v) is 1.75. The molecule has 1 heterocycles. The summed E-state index contributed by atoms with van der Waals surface area (Å²) in [6, 6.07) is 0. The van der Waals surface area contributed by atoms with Crippen LogP contribution in [0.2, 0.25) is 0 Å². The Hall–Kier alpha value is -1.32. The van der Waals surface area contributed by atoms with Crippen LogP contribution in [-0.2, 0) is 12.8 Å². The fourth-order valence-electron chi connectivity index (χ4n) is 1.15. The van der Waals surface area contributed by atoms with Crippen LogP contribution in [0.25, 0.3) is 0 Å². The predicted octanol–water partition coefficient (Wildman–Crippen LogP) is 1.50. The van der Waals surface area contributed by atoms with Crippen molar-refractivity contribution >= 4 is 5.97 Å². The minimum atomic E-state index is -1.04. The molecule has 0 aromatic carbocycles. The molecule has 0 radical (unpaired) electrons. The number of hydrogen-bond donors (Lipinski definition) is 1. The molecule has 0 amide bonds. The van der Waals surface area contributed by atoms with E-state index in [2.05, 4.69) is 9.68 Å². The summed E-state index contributed by atoms with van der Waals surface area (Å²) in [5.74, 6) is -1.06. The van der Waals surface area contributed by atoms with Gasteiger partial charge in [0.1, 0.15) is 0 Å². The van der Waals surface area contributed by atoms with E-state index < -0.39 is 5.97 Å². The number of hydrogen-bond acceptors (Lipinski definition) is 3. The summed E-state index contributed by atoms with van der Waals surface area (Å²) in [5, 5.41) is 12.3. The molecule has 0 aliphatic carbocycles. The summed E-state index contributed by atoms with van der Waals surface area (Å²) >= 11 is 0. The highest BCUT2D eigenvalue weighted by atomic mass is 16.5. The normalized spacial score (nSPS) is 10.2. The Balaban J connectivity index is 3.13. The molecule has 0 saturated heterocycles. The third-order valence-electron chi connectivity index (χ3n) is 1.75. The Kier molecular flexibility index (Phi) is 2.47. The van der Waals surface area contributed by atoms with Crippen LogP contribution >= 0.6 is 0 Å². The number of aromatic carboxylic acids is 1. The number of rotatable bonds is 3. The zero-order valence-corrected chi connectivity index (χ0v) is 7.13. The average Bonchev–Trinajstić information content (AvgIpc) is 2.46. The van der Waals surface area contributed by atoms with Gasteiger partial charge < -0.3 is 9.63 Å². The molecule has 0 bridgehead atoms. The van der Waals surface area contributed by atoms with E-state index >= 15 is 0 Å². The fourth-order valence-corrected chi connectivity index (χ4v) is 1.15. The molecule has 12 heavy (non-hydrogen) atoms. The van der Waals surface area contributed by atoms with Crippen LogP contribution in [-0.4, -0.2) is 16.2 Å². The lowest BCUT2D eigenvalue weighted by molar-refractivity contribution is 0.0650. The quantitative estimate of drug-likeness (QED) is 0.744. The summed E-state index contributed by atoms with van der Waals surface area (Å²) < 4.78 is 4.69. The smallest absolute Gasteiger partial charge is 0.375 e. The van der Waals surface area contributed by atoms with Crippen LogP contribution in [0.5, 0.6) is 0 Å². The van der Waals surface area contributed by atoms with Gasteiger partial charge in [0.05, 0.1) is 5.69 Å². The van der Waals surface area contributed by atoms with E-state index in [1.807, 2.05) is 13.8 Å². The van der Waals surface area contributed by atoms with E-state index in [4.69, 9.17) is 5.11 Å². The van der Waals surface area contributed by atoms with Crippen LogP contribution in [0, 0.1) is 0 Å². The maximum atomic E-state index is 10.6. The number of aromatic nitrogens is 1. The fraction of sp³-hybridized carbons (Fsp3) is 0.500. The van der Waals surface area contributed by atoms with Crippen molar-refractivity contribution in [2.45, 2.75) is 26.7 Å². The van der Waals surface area contributed by atoms with Gasteiger partial charge >= 0.3 is 5.97 Å². The number of nitrogens with zero attached hydrogens (tertiary/aromatic N) is 1. The van der Waals surface area contributed by atoms with Crippen molar-refractivity contribution in [3.8, 4) is 0 Å². The molecule has 0 aliphatic rings. The highest BCUT2D eigenvalue weighted by molar-refractivity contribution is 5.86. The number of aryl methyl sites for hydroxylation is 1. The van der Waals surface area contributed by atoms with Crippen LogP contribution in [0.1, 0.15) is 35.7 Å². The van der Waals surface area contributed by atoms with E-state index in [1.165, 1.54) is 0 Å². The van der Waals surface area contributed by atoms with Crippen molar-refractivity contribution in [2.75, 3.05) is 0 Å². The molecule has 0 saturated carbocycles. The van der Waals surface area contributed by atoms with Crippen LogP contribution in [0.3, 0.4) is 0 Å². The summed E-state index contributed by atoms with van der Waals surface area (Å²) in [4.78, 5) is 10.6. The zero-order valence-electron chi connectivity index (χ0n) is 7.13. The standard InChI is InChI=1S/C8H11NO3/c1-3-5-6(4-2)9-12-7(5)8(10)11/h3-4H2,1-2H3,(H,10,11). The van der Waals surface area contributed by atoms with E-state index in [0.29, 0.717) is 18.4 Å². The summed E-state index contributed by atoms with van der Waals surface area (Å²) in [7, 11) is 0. The van der Waals surface area contributed by atoms with Gasteiger partial charge in [0, 0.05) is 5.56 Å². The van der Waals surface area contributed by atoms with Crippen molar-refractivity contribution in [1.82, 2.24) is 5.16 Å². The lowest BCUT2D eigenvalue weighted by Crippen LogP contribution is -1.99. The second kappa shape index (κ2) is 3.38. The maximum absolute atomic E-state index is 10.6. The molecule has 0 fully saturated rings. The van der Waals surface area contributed by atoms with Crippen molar-refractivity contribution in [2.24, 2.45) is 0 Å². The molecule has 1 N–H and O–H groups in total. The summed E-state index contributed by atoms with van der Waals surface area (Å²) in [5.41, 5.74) is 1.46. The van der Waals surface area contributed by atoms with Crippen molar-refractivity contribution in [1.29, 1.82) is 0 Å². The lowest BCUT2D eigenvalue weighted by Gasteiger charge is -1.93. The number of carboxylic acids is 1. The summed E-state index contributed by atoms with van der Waals surface area (Å²) in [6.07, 6.45) is 1.36. The molecule has 4 heteroatoms. The van der Waals surface area contributed by atoms with E-state index in [9.17, 15) is 4.79 Å². The Labute approximate surface area is 70.2 Å². The first-order chi connectivity index (χ1) is 5.70. The molecule has 1 aromatic heterocycles. The molecule has 1 rings (SSSR count). The first-order valence-electron chi connectivity index (χ1n) is 3.91. The van der Waals surface area contributed by atoms with Gasteiger partial charge in [-0.15, -0.1) is 0 Å². The van der Waals surface area contributed by atoms with Crippen molar-refractivity contribution in [3.63, 3.8) is 0 Å². The number of carboxylic acid groups (broad SMARTS) is 1. The van der Waals surface area contributed by atoms with Gasteiger partial charge in [0.2, 0.25) is 5.76 Å². The van der Waals surface area contributed by atoms with E-state index in [-0.39, 0.29) is 5.76 Å². The monoisotopic (exact) mass is 169 g/mol. The van der Waals surface area contributed by atoms with Gasteiger partial charge in [-0.1, -0.05) is 19.0 Å². The van der Waals surface area contributed by atoms with Gasteiger partial charge in [-0.2, -0.15) is 0 Å². The Morgan fingerprint density at radius 3 is 2.58 bits per heavy atom. The topological polar surface area (TPSA) is 63.3 Å². The molecule has 66 valence electrons. The minimum Gasteiger partial charge on any atom is -0.475 e. The van der Waals surface area contributed by atoms with Gasteiger partial charge in [-0.25, -0.2) is 4.79 Å². The van der Waals surface area contributed by atoms with Gasteiger partial charge in [-0.05, 0) is 12.8 Å². The molecule has 0 atom stereocenters. The summed E-state index contributed by atoms with van der Waals surface area (Å²) in [6.45, 7) is 3.81.